The first-order chi connectivity index (χ1) is 16.5. The van der Waals surface area contributed by atoms with E-state index in [9.17, 15) is 14.9 Å². The van der Waals surface area contributed by atoms with E-state index in [0.29, 0.717) is 35.3 Å². The van der Waals surface area contributed by atoms with Gasteiger partial charge in [0.25, 0.3) is 11.8 Å². The van der Waals surface area contributed by atoms with Crippen molar-refractivity contribution in [1.82, 2.24) is 5.32 Å². The lowest BCUT2D eigenvalue weighted by Crippen LogP contribution is -2.41. The number of benzene rings is 2. The summed E-state index contributed by atoms with van der Waals surface area (Å²) >= 11 is 0. The molecule has 2 amide bonds. The normalized spacial score (nSPS) is 17.9. The van der Waals surface area contributed by atoms with Gasteiger partial charge >= 0.3 is 0 Å². The average molecular weight is 462 g/mol. The molecular weight excluding hydrogens is 430 g/mol. The molecule has 0 unspecified atom stereocenters. The van der Waals surface area contributed by atoms with Crippen molar-refractivity contribution >= 4 is 23.6 Å². The first-order valence-electron chi connectivity index (χ1n) is 11.7. The molecule has 1 saturated carbocycles. The topological polar surface area (TPSA) is 100 Å². The summed E-state index contributed by atoms with van der Waals surface area (Å²) in [5.41, 5.74) is 1.36. The summed E-state index contributed by atoms with van der Waals surface area (Å²) in [4.78, 5) is 24.9. The Morgan fingerprint density at radius 2 is 1.85 bits per heavy atom. The highest BCUT2D eigenvalue weighted by Crippen LogP contribution is 2.30. The van der Waals surface area contributed by atoms with Gasteiger partial charge in [0.1, 0.15) is 11.6 Å². The Morgan fingerprint density at radius 3 is 2.56 bits per heavy atom. The molecule has 2 aromatic carbocycles. The second-order valence-electron chi connectivity index (χ2n) is 8.35. The molecule has 1 aliphatic carbocycles. The number of hydrogen-bond acceptors (Lipinski definition) is 5. The first-order valence-corrected chi connectivity index (χ1v) is 11.7. The molecular formula is C27H31N3O4. The molecule has 3 rings (SSSR count). The molecule has 2 atom stereocenters. The van der Waals surface area contributed by atoms with Crippen molar-refractivity contribution in [3.05, 3.63) is 59.7 Å². The van der Waals surface area contributed by atoms with Crippen LogP contribution in [-0.2, 0) is 9.59 Å². The van der Waals surface area contributed by atoms with Gasteiger partial charge in [-0.1, -0.05) is 44.0 Å². The van der Waals surface area contributed by atoms with Crippen molar-refractivity contribution in [3.63, 3.8) is 0 Å². The summed E-state index contributed by atoms with van der Waals surface area (Å²) < 4.78 is 11.3. The molecule has 0 aliphatic heterocycles. The number of ether oxygens (including phenoxy) is 2. The van der Waals surface area contributed by atoms with Gasteiger partial charge in [-0.05, 0) is 61.6 Å². The quantitative estimate of drug-likeness (QED) is 0.416. The first kappa shape index (κ1) is 24.8. The third kappa shape index (κ3) is 7.11. The van der Waals surface area contributed by atoms with E-state index in [-0.39, 0.29) is 30.0 Å². The van der Waals surface area contributed by atoms with E-state index in [1.807, 2.05) is 31.2 Å². The Hall–Kier alpha value is -3.79. The molecule has 0 heterocycles. The molecule has 0 bridgehead atoms. The van der Waals surface area contributed by atoms with Crippen LogP contribution in [-0.4, -0.2) is 31.1 Å². The van der Waals surface area contributed by atoms with Gasteiger partial charge in [-0.3, -0.25) is 9.59 Å². The highest BCUT2D eigenvalue weighted by atomic mass is 16.5. The van der Waals surface area contributed by atoms with Crippen LogP contribution in [0.25, 0.3) is 6.08 Å². The van der Waals surface area contributed by atoms with Gasteiger partial charge < -0.3 is 20.1 Å². The maximum Gasteiger partial charge on any atom is 0.262 e. The van der Waals surface area contributed by atoms with Crippen LogP contribution in [0, 0.1) is 17.2 Å². The smallest absolute Gasteiger partial charge is 0.262 e. The molecule has 7 heteroatoms. The van der Waals surface area contributed by atoms with E-state index in [4.69, 9.17) is 9.47 Å². The van der Waals surface area contributed by atoms with Crippen LogP contribution in [0.3, 0.4) is 0 Å². The minimum absolute atomic E-state index is 0.0381. The number of amides is 2. The van der Waals surface area contributed by atoms with E-state index in [0.717, 1.165) is 19.3 Å². The fourth-order valence-corrected chi connectivity index (χ4v) is 3.96. The predicted molar refractivity (Wildman–Crippen MR) is 131 cm³/mol. The standard InChI is InChI=1S/C27H31N3O4/c1-3-33-25-16-20(15-21(17-28)27(32)30-23-12-8-7-9-19(23)2)13-14-24(25)34-18-26(31)29-22-10-5-4-6-11-22/h4-6,10-11,13-16,19,23H,3,7-9,12,18H2,1-2H3,(H,29,31)(H,30,32)/b21-15+/t19-,23+/m1/s1. The monoisotopic (exact) mass is 461 g/mol. The summed E-state index contributed by atoms with van der Waals surface area (Å²) in [6, 6.07) is 16.3. The van der Waals surface area contributed by atoms with Crippen molar-refractivity contribution in [1.29, 1.82) is 5.26 Å². The molecule has 0 radical (unpaired) electrons. The maximum absolute atomic E-state index is 12.7. The molecule has 2 aromatic rings. The summed E-state index contributed by atoms with van der Waals surface area (Å²) in [6.07, 6.45) is 5.82. The van der Waals surface area contributed by atoms with E-state index in [1.54, 1.807) is 30.3 Å². The van der Waals surface area contributed by atoms with Crippen LogP contribution in [0.4, 0.5) is 5.69 Å². The molecule has 2 N–H and O–H groups in total. The highest BCUT2D eigenvalue weighted by molar-refractivity contribution is 6.02. The number of nitrogens with one attached hydrogen (secondary N) is 2. The Bertz CT molecular complexity index is 1060. The number of para-hydroxylation sites is 1. The lowest BCUT2D eigenvalue weighted by Gasteiger charge is -2.29. The molecule has 0 aromatic heterocycles. The van der Waals surface area contributed by atoms with Gasteiger partial charge in [0.05, 0.1) is 6.61 Å². The van der Waals surface area contributed by atoms with Crippen molar-refractivity contribution in [3.8, 4) is 17.6 Å². The zero-order valence-electron chi connectivity index (χ0n) is 19.7. The molecule has 0 saturated heterocycles. The molecule has 34 heavy (non-hydrogen) atoms. The van der Waals surface area contributed by atoms with Gasteiger partial charge in [-0.15, -0.1) is 0 Å². The van der Waals surface area contributed by atoms with E-state index in [1.165, 1.54) is 12.5 Å². The second-order valence-corrected chi connectivity index (χ2v) is 8.35. The molecule has 1 fully saturated rings. The van der Waals surface area contributed by atoms with Crippen LogP contribution in [0.5, 0.6) is 11.5 Å². The third-order valence-corrected chi connectivity index (χ3v) is 5.79. The highest BCUT2D eigenvalue weighted by Gasteiger charge is 2.24. The van der Waals surface area contributed by atoms with Crippen molar-refractivity contribution in [2.75, 3.05) is 18.5 Å². The summed E-state index contributed by atoms with van der Waals surface area (Å²) in [6.45, 7) is 4.18. The number of carbonyl (C=O) groups excluding carboxylic acids is 2. The van der Waals surface area contributed by atoms with Crippen molar-refractivity contribution < 1.29 is 19.1 Å². The number of hydrogen-bond donors (Lipinski definition) is 2. The predicted octanol–water partition coefficient (Wildman–Crippen LogP) is 4.70. The van der Waals surface area contributed by atoms with Crippen molar-refractivity contribution in [2.24, 2.45) is 5.92 Å². The van der Waals surface area contributed by atoms with Crippen LogP contribution in [0.2, 0.25) is 0 Å². The van der Waals surface area contributed by atoms with Crippen LogP contribution >= 0.6 is 0 Å². The average Bonchev–Trinajstić information content (AvgIpc) is 2.84. The third-order valence-electron chi connectivity index (χ3n) is 5.79. The second kappa shape index (κ2) is 12.4. The van der Waals surface area contributed by atoms with E-state index in [2.05, 4.69) is 17.6 Å². The number of rotatable bonds is 9. The zero-order valence-corrected chi connectivity index (χ0v) is 19.7. The Balaban J connectivity index is 1.68. The Kier molecular flexibility index (Phi) is 9.10. The van der Waals surface area contributed by atoms with Crippen LogP contribution in [0.15, 0.2) is 54.1 Å². The van der Waals surface area contributed by atoms with Crippen molar-refractivity contribution in [2.45, 2.75) is 45.6 Å². The Labute approximate surface area is 200 Å². The van der Waals surface area contributed by atoms with Crippen LogP contribution in [0.1, 0.15) is 45.1 Å². The van der Waals surface area contributed by atoms with E-state index >= 15 is 0 Å². The number of nitriles is 1. The number of anilines is 1. The SMILES string of the molecule is CCOc1cc(/C=C(\C#N)C(=O)N[C@H]2CCCC[C@H]2C)ccc1OCC(=O)Nc1ccccc1. The minimum atomic E-state index is -0.364. The summed E-state index contributed by atoms with van der Waals surface area (Å²) in [7, 11) is 0. The summed E-state index contributed by atoms with van der Waals surface area (Å²) in [5.74, 6) is 0.580. The lowest BCUT2D eigenvalue weighted by molar-refractivity contribution is -0.119. The minimum Gasteiger partial charge on any atom is -0.490 e. The largest absolute Gasteiger partial charge is 0.490 e. The fraction of sp³-hybridized carbons (Fsp3) is 0.370. The van der Waals surface area contributed by atoms with Gasteiger partial charge in [0.15, 0.2) is 18.1 Å². The maximum atomic E-state index is 12.7. The Morgan fingerprint density at radius 1 is 1.09 bits per heavy atom. The molecule has 1 aliphatic rings. The number of carbonyl (C=O) groups is 2. The molecule has 178 valence electrons. The zero-order chi connectivity index (χ0) is 24.3. The van der Waals surface area contributed by atoms with Crippen LogP contribution < -0.4 is 20.1 Å². The van der Waals surface area contributed by atoms with E-state index < -0.39 is 0 Å². The number of nitrogens with zero attached hydrogens (tertiary/aromatic N) is 1. The molecule has 0 spiro atoms. The molecule has 7 nitrogen and oxygen atoms in total. The van der Waals surface area contributed by atoms with Gasteiger partial charge in [-0.25, -0.2) is 0 Å². The van der Waals surface area contributed by atoms with Gasteiger partial charge in [-0.2, -0.15) is 5.26 Å². The van der Waals surface area contributed by atoms with Gasteiger partial charge in [0, 0.05) is 11.7 Å². The summed E-state index contributed by atoms with van der Waals surface area (Å²) in [5, 5.41) is 15.3. The van der Waals surface area contributed by atoms with Gasteiger partial charge in [0.2, 0.25) is 0 Å². The fourth-order valence-electron chi connectivity index (χ4n) is 3.96. The lowest BCUT2D eigenvalue weighted by atomic mass is 9.86.